The predicted octanol–water partition coefficient (Wildman–Crippen LogP) is 3.10. The Morgan fingerprint density at radius 1 is 0.643 bits per heavy atom. The van der Waals surface area contributed by atoms with Crippen LogP contribution in [0.3, 0.4) is 0 Å². The number of hydrogen-bond donors (Lipinski definition) is 0. The summed E-state index contributed by atoms with van der Waals surface area (Å²) in [5.41, 5.74) is 0. The smallest absolute Gasteiger partial charge is 0.548 e. The monoisotopic (exact) mass is 421 g/mol. The Bertz CT molecular complexity index is 310. The standard InChI is InChI=1S/C24H49NO2.K/c1-4-7-10-13-15-18-21-25(22-19-16-14-11-8-5-2)23(24(26)27)20-17-12-9-6-3;/h23H,4-22H2,1-3H3,(H,26,27);/q;+1/p-1. The molecule has 0 aliphatic heterocycles. The molecule has 0 spiro atoms. The first-order chi connectivity index (χ1) is 13.2. The quantitative estimate of drug-likeness (QED) is 0.211. The summed E-state index contributed by atoms with van der Waals surface area (Å²) in [6.45, 7) is 8.52. The van der Waals surface area contributed by atoms with Gasteiger partial charge in [0.2, 0.25) is 0 Å². The molecule has 0 aliphatic rings. The summed E-state index contributed by atoms with van der Waals surface area (Å²) in [5, 5.41) is 11.8. The second kappa shape index (κ2) is 24.3. The number of rotatable bonds is 21. The maximum Gasteiger partial charge on any atom is 1.00 e. The average molecular weight is 422 g/mol. The van der Waals surface area contributed by atoms with E-state index in [-0.39, 0.29) is 57.4 Å². The average Bonchev–Trinajstić information content (AvgIpc) is 2.65. The molecular formula is C24H48KNO2. The van der Waals surface area contributed by atoms with Crippen LogP contribution in [0.15, 0.2) is 0 Å². The molecular weight excluding hydrogens is 373 g/mol. The molecule has 0 heterocycles. The van der Waals surface area contributed by atoms with E-state index in [1.807, 2.05) is 0 Å². The SMILES string of the molecule is CCCCCCCCN(CCCCCCCC)C(CCCCCC)C(=O)[O-].[K+]. The van der Waals surface area contributed by atoms with Gasteiger partial charge in [-0.2, -0.15) is 0 Å². The van der Waals surface area contributed by atoms with Gasteiger partial charge in [-0.05, 0) is 32.4 Å². The molecule has 0 saturated heterocycles. The summed E-state index contributed by atoms with van der Waals surface area (Å²) in [6.07, 6.45) is 20.4. The van der Waals surface area contributed by atoms with Gasteiger partial charge in [-0.3, -0.25) is 4.90 Å². The normalized spacial score (nSPS) is 12.1. The van der Waals surface area contributed by atoms with Crippen LogP contribution in [0.4, 0.5) is 0 Å². The second-order valence-electron chi connectivity index (χ2n) is 8.26. The zero-order chi connectivity index (χ0) is 20.2. The molecule has 0 fully saturated rings. The van der Waals surface area contributed by atoms with Crippen molar-refractivity contribution in [1.82, 2.24) is 4.90 Å². The minimum Gasteiger partial charge on any atom is -0.548 e. The Hall–Kier alpha value is 1.07. The maximum absolute atomic E-state index is 11.8. The summed E-state index contributed by atoms with van der Waals surface area (Å²) in [4.78, 5) is 14.0. The fourth-order valence-corrected chi connectivity index (χ4v) is 3.83. The van der Waals surface area contributed by atoms with Crippen molar-refractivity contribution in [2.24, 2.45) is 0 Å². The van der Waals surface area contributed by atoms with E-state index in [4.69, 9.17) is 0 Å². The zero-order valence-electron chi connectivity index (χ0n) is 19.8. The van der Waals surface area contributed by atoms with Gasteiger partial charge in [0.25, 0.3) is 0 Å². The molecule has 0 aromatic rings. The van der Waals surface area contributed by atoms with Gasteiger partial charge in [0.1, 0.15) is 0 Å². The molecule has 0 radical (unpaired) electrons. The topological polar surface area (TPSA) is 43.4 Å². The number of nitrogens with zero attached hydrogens (tertiary/aromatic N) is 1. The number of carbonyl (C=O) groups is 1. The van der Waals surface area contributed by atoms with Gasteiger partial charge in [-0.15, -0.1) is 0 Å². The van der Waals surface area contributed by atoms with Gasteiger partial charge in [0.15, 0.2) is 0 Å². The Balaban J connectivity index is 0. The van der Waals surface area contributed by atoms with Crippen molar-refractivity contribution < 1.29 is 61.3 Å². The number of aliphatic carboxylic acids is 1. The molecule has 1 unspecified atom stereocenters. The Labute approximate surface area is 219 Å². The first-order valence-electron chi connectivity index (χ1n) is 12.1. The van der Waals surface area contributed by atoms with Crippen LogP contribution in [-0.4, -0.2) is 30.0 Å². The summed E-state index contributed by atoms with van der Waals surface area (Å²) in [7, 11) is 0. The minimum atomic E-state index is -0.858. The number of hydrogen-bond acceptors (Lipinski definition) is 3. The van der Waals surface area contributed by atoms with Crippen molar-refractivity contribution in [3.8, 4) is 0 Å². The molecule has 1 atom stereocenters. The van der Waals surface area contributed by atoms with Crippen LogP contribution in [0.2, 0.25) is 0 Å². The van der Waals surface area contributed by atoms with Crippen molar-refractivity contribution in [1.29, 1.82) is 0 Å². The van der Waals surface area contributed by atoms with Crippen LogP contribution in [0.5, 0.6) is 0 Å². The van der Waals surface area contributed by atoms with E-state index in [1.165, 1.54) is 77.0 Å². The van der Waals surface area contributed by atoms with E-state index in [2.05, 4.69) is 25.7 Å². The Morgan fingerprint density at radius 2 is 1.00 bits per heavy atom. The van der Waals surface area contributed by atoms with Gasteiger partial charge in [0, 0.05) is 6.04 Å². The fourth-order valence-electron chi connectivity index (χ4n) is 3.83. The van der Waals surface area contributed by atoms with E-state index in [1.54, 1.807) is 0 Å². The minimum absolute atomic E-state index is 0. The third kappa shape index (κ3) is 19.1. The molecule has 0 N–H and O–H groups in total. The molecule has 28 heavy (non-hydrogen) atoms. The van der Waals surface area contributed by atoms with Crippen LogP contribution >= 0.6 is 0 Å². The van der Waals surface area contributed by atoms with Crippen molar-refractivity contribution in [2.45, 2.75) is 136 Å². The molecule has 0 saturated carbocycles. The van der Waals surface area contributed by atoms with Gasteiger partial charge in [0.05, 0.1) is 5.97 Å². The number of carboxylic acids is 1. The zero-order valence-corrected chi connectivity index (χ0v) is 22.9. The van der Waals surface area contributed by atoms with Crippen molar-refractivity contribution in [3.63, 3.8) is 0 Å². The summed E-state index contributed by atoms with van der Waals surface area (Å²) in [6, 6.07) is -0.381. The molecule has 0 amide bonds. The van der Waals surface area contributed by atoms with Gasteiger partial charge < -0.3 is 9.90 Å². The van der Waals surface area contributed by atoms with E-state index in [9.17, 15) is 9.90 Å². The van der Waals surface area contributed by atoms with Crippen LogP contribution in [0.25, 0.3) is 0 Å². The van der Waals surface area contributed by atoms with Crippen molar-refractivity contribution in [3.05, 3.63) is 0 Å². The molecule has 0 aliphatic carbocycles. The summed E-state index contributed by atoms with van der Waals surface area (Å²) in [5.74, 6) is -0.858. The van der Waals surface area contributed by atoms with Crippen molar-refractivity contribution in [2.75, 3.05) is 13.1 Å². The number of unbranched alkanes of at least 4 members (excludes halogenated alkanes) is 13. The third-order valence-corrected chi connectivity index (χ3v) is 5.64. The van der Waals surface area contributed by atoms with Gasteiger partial charge in [-0.25, -0.2) is 0 Å². The molecule has 162 valence electrons. The summed E-state index contributed by atoms with van der Waals surface area (Å²) < 4.78 is 0. The molecule has 0 rings (SSSR count). The van der Waals surface area contributed by atoms with Gasteiger partial charge in [-0.1, -0.05) is 111 Å². The van der Waals surface area contributed by atoms with Crippen LogP contribution in [0, 0.1) is 0 Å². The molecule has 0 bridgehead atoms. The summed E-state index contributed by atoms with van der Waals surface area (Å²) >= 11 is 0. The molecule has 4 heteroatoms. The second-order valence-corrected chi connectivity index (χ2v) is 8.26. The van der Waals surface area contributed by atoms with E-state index < -0.39 is 5.97 Å². The van der Waals surface area contributed by atoms with Crippen molar-refractivity contribution >= 4 is 5.97 Å². The van der Waals surface area contributed by atoms with Gasteiger partial charge >= 0.3 is 51.4 Å². The Morgan fingerprint density at radius 3 is 1.39 bits per heavy atom. The maximum atomic E-state index is 11.8. The largest absolute Gasteiger partial charge is 1.00 e. The van der Waals surface area contributed by atoms with E-state index in [0.29, 0.717) is 0 Å². The van der Waals surface area contributed by atoms with Crippen LogP contribution < -0.4 is 56.5 Å². The fraction of sp³-hybridized carbons (Fsp3) is 0.958. The Kier molecular flexibility index (Phi) is 27.2. The van der Waals surface area contributed by atoms with E-state index >= 15 is 0 Å². The number of carboxylic acid groups (broad SMARTS) is 1. The predicted molar refractivity (Wildman–Crippen MR) is 116 cm³/mol. The third-order valence-electron chi connectivity index (χ3n) is 5.64. The molecule has 3 nitrogen and oxygen atoms in total. The number of carbonyl (C=O) groups excluding carboxylic acids is 1. The molecule has 0 aromatic carbocycles. The van der Waals surface area contributed by atoms with Crippen LogP contribution in [-0.2, 0) is 4.79 Å². The molecule has 0 aromatic heterocycles. The first-order valence-corrected chi connectivity index (χ1v) is 12.1. The first kappa shape index (κ1) is 31.3. The van der Waals surface area contributed by atoms with E-state index in [0.717, 1.165) is 45.2 Å². The van der Waals surface area contributed by atoms with Crippen LogP contribution in [0.1, 0.15) is 130 Å².